The van der Waals surface area contributed by atoms with Gasteiger partial charge < -0.3 is 10.8 Å². The third kappa shape index (κ3) is 2.76. The van der Waals surface area contributed by atoms with E-state index < -0.39 is 5.84 Å². The molecule has 0 unspecified atom stereocenters. The maximum absolute atomic E-state index is 9.30. The first-order chi connectivity index (χ1) is 9.10. The van der Waals surface area contributed by atoms with Crippen LogP contribution in [0.1, 0.15) is 0 Å². The van der Waals surface area contributed by atoms with Gasteiger partial charge >= 0.3 is 0 Å². The fraction of sp³-hybridized carbons (Fsp3) is 0. The van der Waals surface area contributed by atoms with Crippen molar-refractivity contribution in [2.45, 2.75) is 0 Å². The number of nitriles is 1. The Labute approximate surface area is 108 Å². The number of hydrogen-bond acceptors (Lipinski definition) is 6. The van der Waals surface area contributed by atoms with Crippen molar-refractivity contribution in [3.63, 3.8) is 0 Å². The number of anilines is 1. The lowest BCUT2D eigenvalue weighted by Crippen LogP contribution is -2.21. The minimum absolute atomic E-state index is 0.0922. The predicted octanol–water partition coefficient (Wildman–Crippen LogP) is 1.17. The van der Waals surface area contributed by atoms with Gasteiger partial charge in [0.1, 0.15) is 11.8 Å². The molecule has 0 saturated carbocycles. The van der Waals surface area contributed by atoms with Gasteiger partial charge in [-0.2, -0.15) is 10.4 Å². The summed E-state index contributed by atoms with van der Waals surface area (Å²) in [5, 5.41) is 29.6. The molecule has 0 aliphatic heterocycles. The summed E-state index contributed by atoms with van der Waals surface area (Å²) in [7, 11) is 0. The van der Waals surface area contributed by atoms with Gasteiger partial charge in [0, 0.05) is 5.39 Å². The largest absolute Gasteiger partial charge is 0.506 e. The Hall–Kier alpha value is -3.14. The summed E-state index contributed by atoms with van der Waals surface area (Å²) in [6, 6.07) is 8.46. The number of nitrogens with two attached hydrogens (primary N) is 1. The quantitative estimate of drug-likeness (QED) is 0.371. The number of fused-ring (bicyclic) bond motifs is 1. The van der Waals surface area contributed by atoms with E-state index in [9.17, 15) is 5.11 Å². The zero-order valence-electron chi connectivity index (χ0n) is 9.75. The fourth-order valence-corrected chi connectivity index (χ4v) is 1.45. The number of aromatic hydroxyl groups is 1. The molecule has 0 amide bonds. The number of hydrogen-bond donors (Lipinski definition) is 4. The van der Waals surface area contributed by atoms with Gasteiger partial charge in [-0.25, -0.2) is 0 Å². The fourth-order valence-electron chi connectivity index (χ4n) is 1.45. The van der Waals surface area contributed by atoms with Crippen LogP contribution in [0.25, 0.3) is 10.9 Å². The van der Waals surface area contributed by atoms with E-state index in [0.717, 1.165) is 5.39 Å². The lowest BCUT2D eigenvalue weighted by atomic mass is 10.2. The van der Waals surface area contributed by atoms with Crippen LogP contribution < -0.4 is 11.2 Å². The van der Waals surface area contributed by atoms with E-state index in [0.29, 0.717) is 11.2 Å². The van der Waals surface area contributed by atoms with Gasteiger partial charge in [-0.05, 0) is 18.2 Å². The van der Waals surface area contributed by atoms with Gasteiger partial charge in [-0.1, -0.05) is 6.07 Å². The zero-order chi connectivity index (χ0) is 13.8. The highest BCUT2D eigenvalue weighted by Crippen LogP contribution is 2.20. The molecular weight excluding hydrogens is 244 g/mol. The summed E-state index contributed by atoms with van der Waals surface area (Å²) < 4.78 is 0. The van der Waals surface area contributed by atoms with E-state index in [1.165, 1.54) is 6.20 Å². The Balaban J connectivity index is 2.30. The monoisotopic (exact) mass is 254 g/mol. The van der Waals surface area contributed by atoms with Crippen molar-refractivity contribution >= 4 is 28.1 Å². The second-order valence-electron chi connectivity index (χ2n) is 3.70. The molecule has 7 heteroatoms. The molecule has 0 radical (unpaired) electrons. The van der Waals surface area contributed by atoms with E-state index in [-0.39, 0.29) is 11.5 Å². The van der Waals surface area contributed by atoms with Gasteiger partial charge in [0.2, 0.25) is 5.71 Å². The van der Waals surface area contributed by atoms with E-state index in [2.05, 4.69) is 15.5 Å². The summed E-state index contributed by atoms with van der Waals surface area (Å²) in [5.41, 5.74) is 8.86. The summed E-state index contributed by atoms with van der Waals surface area (Å²) in [6.45, 7) is 0. The van der Waals surface area contributed by atoms with E-state index >= 15 is 0 Å². The zero-order valence-corrected chi connectivity index (χ0v) is 9.75. The number of pyridine rings is 1. The van der Waals surface area contributed by atoms with E-state index in [4.69, 9.17) is 16.4 Å². The summed E-state index contributed by atoms with van der Waals surface area (Å²) >= 11 is 0. The molecule has 7 nitrogen and oxygen atoms in total. The van der Waals surface area contributed by atoms with Crippen LogP contribution >= 0.6 is 0 Å². The Morgan fingerprint density at radius 3 is 2.95 bits per heavy atom. The van der Waals surface area contributed by atoms with Crippen molar-refractivity contribution in [1.82, 2.24) is 4.98 Å². The summed E-state index contributed by atoms with van der Waals surface area (Å²) in [5.74, 6) is -0.312. The molecule has 0 fully saturated rings. The van der Waals surface area contributed by atoms with E-state index in [1.54, 1.807) is 30.3 Å². The van der Waals surface area contributed by atoms with Crippen molar-refractivity contribution in [2.75, 3.05) is 5.43 Å². The molecule has 2 rings (SSSR count). The predicted molar refractivity (Wildman–Crippen MR) is 72.0 cm³/mol. The number of nitrogens with one attached hydrogen (secondary N) is 2. The van der Waals surface area contributed by atoms with Crippen molar-refractivity contribution in [3.05, 3.63) is 30.5 Å². The van der Waals surface area contributed by atoms with E-state index in [1.807, 2.05) is 0 Å². The maximum Gasteiger partial charge on any atom is 0.201 e. The molecule has 1 heterocycles. The van der Waals surface area contributed by atoms with Gasteiger partial charge in [-0.3, -0.25) is 15.8 Å². The van der Waals surface area contributed by atoms with Crippen LogP contribution in [0.2, 0.25) is 0 Å². The number of benzene rings is 1. The van der Waals surface area contributed by atoms with Crippen molar-refractivity contribution in [2.24, 2.45) is 10.8 Å². The summed E-state index contributed by atoms with van der Waals surface area (Å²) in [6.07, 6.45) is 1.34. The molecular formula is C12H10N6O. The Morgan fingerprint density at radius 2 is 2.26 bits per heavy atom. The van der Waals surface area contributed by atoms with Gasteiger partial charge in [0.05, 0.1) is 17.4 Å². The van der Waals surface area contributed by atoms with Crippen LogP contribution in [-0.4, -0.2) is 21.6 Å². The first kappa shape index (κ1) is 12.3. The highest BCUT2D eigenvalue weighted by Gasteiger charge is 2.02. The number of rotatable bonds is 3. The first-order valence-electron chi connectivity index (χ1n) is 5.27. The van der Waals surface area contributed by atoms with Gasteiger partial charge in [-0.15, -0.1) is 0 Å². The van der Waals surface area contributed by atoms with Crippen molar-refractivity contribution in [3.8, 4) is 11.8 Å². The third-order valence-corrected chi connectivity index (χ3v) is 2.33. The lowest BCUT2D eigenvalue weighted by Gasteiger charge is -2.03. The number of nitrogens with zero attached hydrogens (tertiary/aromatic N) is 3. The SMILES string of the molecule is N#C/C(=N\Nc1ccc2cc(O)cnc2c1)C(=N)N. The van der Waals surface area contributed by atoms with Gasteiger partial charge in [0.15, 0.2) is 5.84 Å². The molecule has 2 aromatic rings. The van der Waals surface area contributed by atoms with Crippen LogP contribution in [0.3, 0.4) is 0 Å². The molecule has 5 N–H and O–H groups in total. The van der Waals surface area contributed by atoms with Crippen LogP contribution in [0.4, 0.5) is 5.69 Å². The number of hydrazone groups is 1. The highest BCUT2D eigenvalue weighted by molar-refractivity contribution is 6.45. The van der Waals surface area contributed by atoms with Crippen LogP contribution in [0.15, 0.2) is 35.6 Å². The second kappa shape index (κ2) is 5.01. The summed E-state index contributed by atoms with van der Waals surface area (Å²) in [4.78, 5) is 4.05. The topological polar surface area (TPSA) is 131 Å². The molecule has 1 aromatic heterocycles. The molecule has 1 aromatic carbocycles. The molecule has 0 aliphatic carbocycles. The lowest BCUT2D eigenvalue weighted by molar-refractivity contribution is 0.474. The number of aromatic nitrogens is 1. The molecule has 0 aliphatic rings. The minimum Gasteiger partial charge on any atom is -0.506 e. The molecule has 0 atom stereocenters. The third-order valence-electron chi connectivity index (χ3n) is 2.33. The normalized spacial score (nSPS) is 11.0. The molecule has 94 valence electrons. The van der Waals surface area contributed by atoms with Crippen molar-refractivity contribution in [1.29, 1.82) is 10.7 Å². The molecule has 0 bridgehead atoms. The Morgan fingerprint density at radius 1 is 1.47 bits per heavy atom. The highest BCUT2D eigenvalue weighted by atomic mass is 16.3. The van der Waals surface area contributed by atoms with Crippen LogP contribution in [-0.2, 0) is 0 Å². The Bertz CT molecular complexity index is 716. The molecule has 0 spiro atoms. The van der Waals surface area contributed by atoms with Gasteiger partial charge in [0.25, 0.3) is 0 Å². The second-order valence-corrected chi connectivity index (χ2v) is 3.70. The first-order valence-corrected chi connectivity index (χ1v) is 5.27. The number of amidine groups is 1. The van der Waals surface area contributed by atoms with Crippen LogP contribution in [0, 0.1) is 16.7 Å². The Kier molecular flexibility index (Phi) is 3.25. The van der Waals surface area contributed by atoms with Crippen LogP contribution in [0.5, 0.6) is 5.75 Å². The smallest absolute Gasteiger partial charge is 0.201 e. The average Bonchev–Trinajstić information content (AvgIpc) is 2.39. The maximum atomic E-state index is 9.30. The average molecular weight is 254 g/mol. The molecule has 0 saturated heterocycles. The van der Waals surface area contributed by atoms with Crippen molar-refractivity contribution < 1.29 is 5.11 Å². The minimum atomic E-state index is -0.404. The molecule has 19 heavy (non-hydrogen) atoms. The standard InChI is InChI=1S/C12H10N6O/c13-5-11(12(14)15)18-17-8-2-1-7-3-9(19)6-16-10(7)4-8/h1-4,6,17,19H,(H3,14,15)/b18-11+.